The number of hydrogen-bond acceptors (Lipinski definition) is 6. The maximum Gasteiger partial charge on any atom is 0.184 e. The van der Waals surface area contributed by atoms with Gasteiger partial charge in [0.2, 0.25) is 0 Å². The van der Waals surface area contributed by atoms with Crippen molar-refractivity contribution in [3.05, 3.63) is 108 Å². The van der Waals surface area contributed by atoms with E-state index in [9.17, 15) is 0 Å². The molecule has 2 aliphatic rings. The molecule has 3 aromatic carbocycles. The van der Waals surface area contributed by atoms with Crippen molar-refractivity contribution in [1.29, 1.82) is 0 Å². The van der Waals surface area contributed by atoms with Crippen molar-refractivity contribution in [2.24, 2.45) is 23.7 Å². The highest BCUT2D eigenvalue weighted by molar-refractivity contribution is 5.15. The van der Waals surface area contributed by atoms with Gasteiger partial charge >= 0.3 is 0 Å². The first-order chi connectivity index (χ1) is 21.4. The first-order valence-corrected chi connectivity index (χ1v) is 16.3. The molecule has 0 aliphatic carbocycles. The SMILES string of the molecule is CCC1O[C@@H](O[C@@H]2C(COCc3ccccc3)O[C@@H](OCc3ccccc3)C(C)[C@H]2C)C(OCc2ccccc2)[C@@H](C)[C@@H]1C. The van der Waals surface area contributed by atoms with Gasteiger partial charge in [-0.2, -0.15) is 0 Å². The van der Waals surface area contributed by atoms with E-state index in [1.807, 2.05) is 54.6 Å². The molecule has 0 saturated carbocycles. The Labute approximate surface area is 264 Å². The van der Waals surface area contributed by atoms with Gasteiger partial charge in [-0.3, -0.25) is 0 Å². The third-order valence-electron chi connectivity index (χ3n) is 9.59. The molecule has 2 heterocycles. The molecule has 0 amide bonds. The van der Waals surface area contributed by atoms with Crippen LogP contribution in [0, 0.1) is 23.7 Å². The van der Waals surface area contributed by atoms with Crippen LogP contribution in [0.5, 0.6) is 0 Å². The van der Waals surface area contributed by atoms with Gasteiger partial charge in [0, 0.05) is 5.92 Å². The van der Waals surface area contributed by atoms with E-state index >= 15 is 0 Å². The van der Waals surface area contributed by atoms with Crippen molar-refractivity contribution >= 4 is 0 Å². The second-order valence-corrected chi connectivity index (χ2v) is 12.6. The standard InChI is InChI=1S/C38H50O6/c1-6-33-26(2)27(3)36(40-23-31-18-12-8-13-19-31)38(42-33)44-35-28(4)29(5)37(41-24-32-20-14-9-15-21-32)43-34(35)25-39-22-30-16-10-7-11-17-30/h7-21,26-29,33-38H,6,22-25H2,1-5H3/t26-,27-,28+,29?,33?,34?,35-,36?,37+,38-/m0/s1. The van der Waals surface area contributed by atoms with Crippen LogP contribution in [-0.2, 0) is 48.2 Å². The molecular weight excluding hydrogens is 552 g/mol. The van der Waals surface area contributed by atoms with Gasteiger partial charge in [-0.15, -0.1) is 0 Å². The normalized spacial score (nSPS) is 32.4. The van der Waals surface area contributed by atoms with Crippen LogP contribution in [-0.4, -0.2) is 43.6 Å². The van der Waals surface area contributed by atoms with Gasteiger partial charge < -0.3 is 28.4 Å². The van der Waals surface area contributed by atoms with Crippen LogP contribution in [0.1, 0.15) is 57.7 Å². The Morgan fingerprint density at radius 1 is 0.523 bits per heavy atom. The van der Waals surface area contributed by atoms with Gasteiger partial charge in [-0.25, -0.2) is 0 Å². The van der Waals surface area contributed by atoms with Crippen LogP contribution in [0.4, 0.5) is 0 Å². The average Bonchev–Trinajstić information content (AvgIpc) is 3.06. The molecule has 6 heteroatoms. The highest BCUT2D eigenvalue weighted by atomic mass is 16.7. The van der Waals surface area contributed by atoms with Crippen molar-refractivity contribution in [2.45, 2.75) is 97.9 Å². The van der Waals surface area contributed by atoms with E-state index in [2.05, 4.69) is 71.0 Å². The molecular formula is C38H50O6. The average molecular weight is 603 g/mol. The minimum absolute atomic E-state index is 0.0959. The smallest absolute Gasteiger partial charge is 0.184 e. The topological polar surface area (TPSA) is 55.4 Å². The van der Waals surface area contributed by atoms with E-state index in [0.29, 0.717) is 32.3 Å². The van der Waals surface area contributed by atoms with Crippen LogP contribution < -0.4 is 0 Å². The zero-order valence-corrected chi connectivity index (χ0v) is 26.9. The Balaban J connectivity index is 1.33. The number of ether oxygens (including phenoxy) is 6. The fourth-order valence-corrected chi connectivity index (χ4v) is 6.40. The summed E-state index contributed by atoms with van der Waals surface area (Å²) in [5, 5.41) is 0. The van der Waals surface area contributed by atoms with E-state index in [4.69, 9.17) is 28.4 Å². The van der Waals surface area contributed by atoms with Crippen LogP contribution >= 0.6 is 0 Å². The zero-order valence-electron chi connectivity index (χ0n) is 26.9. The molecule has 0 bridgehead atoms. The number of benzene rings is 3. The van der Waals surface area contributed by atoms with Crippen molar-refractivity contribution in [3.63, 3.8) is 0 Å². The number of hydrogen-bond donors (Lipinski definition) is 0. The lowest BCUT2D eigenvalue weighted by Crippen LogP contribution is -2.58. The molecule has 3 aromatic rings. The Kier molecular flexibility index (Phi) is 12.0. The lowest BCUT2D eigenvalue weighted by molar-refractivity contribution is -0.342. The highest BCUT2D eigenvalue weighted by Crippen LogP contribution is 2.39. The molecule has 10 atom stereocenters. The van der Waals surface area contributed by atoms with E-state index in [1.54, 1.807) is 0 Å². The molecule has 2 saturated heterocycles. The Morgan fingerprint density at radius 3 is 1.59 bits per heavy atom. The van der Waals surface area contributed by atoms with Gasteiger partial charge in [-0.1, -0.05) is 126 Å². The van der Waals surface area contributed by atoms with Crippen molar-refractivity contribution in [2.75, 3.05) is 6.61 Å². The summed E-state index contributed by atoms with van der Waals surface area (Å²) in [7, 11) is 0. The second-order valence-electron chi connectivity index (χ2n) is 12.6. The summed E-state index contributed by atoms with van der Waals surface area (Å²) in [5.74, 6) is 0.831. The van der Waals surface area contributed by atoms with E-state index in [1.165, 1.54) is 0 Å². The fraction of sp³-hybridized carbons (Fsp3) is 0.526. The molecule has 44 heavy (non-hydrogen) atoms. The summed E-state index contributed by atoms with van der Waals surface area (Å²) in [6.45, 7) is 13.0. The lowest BCUT2D eigenvalue weighted by Gasteiger charge is -2.49. The highest BCUT2D eigenvalue weighted by Gasteiger charge is 2.48. The molecule has 2 aliphatic heterocycles. The van der Waals surface area contributed by atoms with E-state index < -0.39 is 6.29 Å². The summed E-state index contributed by atoms with van der Waals surface area (Å²) < 4.78 is 39.6. The van der Waals surface area contributed by atoms with E-state index in [-0.39, 0.29) is 48.5 Å². The largest absolute Gasteiger partial charge is 0.374 e. The summed E-state index contributed by atoms with van der Waals surface area (Å²) in [5.41, 5.74) is 3.38. The quantitative estimate of drug-likeness (QED) is 0.199. The molecule has 0 N–H and O–H groups in total. The molecule has 0 radical (unpaired) electrons. The third kappa shape index (κ3) is 8.36. The molecule has 0 aromatic heterocycles. The van der Waals surface area contributed by atoms with Crippen molar-refractivity contribution in [1.82, 2.24) is 0 Å². The zero-order chi connectivity index (χ0) is 30.9. The second kappa shape index (κ2) is 16.1. The molecule has 2 fully saturated rings. The predicted octanol–water partition coefficient (Wildman–Crippen LogP) is 7.79. The maximum absolute atomic E-state index is 6.99. The van der Waals surface area contributed by atoms with Crippen LogP contribution in [0.25, 0.3) is 0 Å². The Bertz CT molecular complexity index is 1220. The van der Waals surface area contributed by atoms with Gasteiger partial charge in [0.1, 0.15) is 12.2 Å². The summed E-state index contributed by atoms with van der Waals surface area (Å²) in [6.07, 6.45) is -0.691. The van der Waals surface area contributed by atoms with Crippen LogP contribution in [0.3, 0.4) is 0 Å². The molecule has 238 valence electrons. The summed E-state index contributed by atoms with van der Waals surface area (Å²) in [4.78, 5) is 0. The minimum atomic E-state index is -0.517. The van der Waals surface area contributed by atoms with Crippen molar-refractivity contribution in [3.8, 4) is 0 Å². The Hall–Kier alpha value is -2.58. The van der Waals surface area contributed by atoms with Gasteiger partial charge in [0.15, 0.2) is 12.6 Å². The van der Waals surface area contributed by atoms with Crippen molar-refractivity contribution < 1.29 is 28.4 Å². The van der Waals surface area contributed by atoms with Gasteiger partial charge in [0.25, 0.3) is 0 Å². The number of rotatable bonds is 13. The van der Waals surface area contributed by atoms with Crippen LogP contribution in [0.15, 0.2) is 91.0 Å². The first-order valence-electron chi connectivity index (χ1n) is 16.3. The molecule has 6 nitrogen and oxygen atoms in total. The minimum Gasteiger partial charge on any atom is -0.374 e. The summed E-state index contributed by atoms with van der Waals surface area (Å²) >= 11 is 0. The third-order valence-corrected chi connectivity index (χ3v) is 9.59. The maximum atomic E-state index is 6.99. The molecule has 4 unspecified atom stereocenters. The predicted molar refractivity (Wildman–Crippen MR) is 171 cm³/mol. The lowest BCUT2D eigenvalue weighted by atomic mass is 9.81. The molecule has 5 rings (SSSR count). The monoisotopic (exact) mass is 602 g/mol. The van der Waals surface area contributed by atoms with Crippen LogP contribution in [0.2, 0.25) is 0 Å². The van der Waals surface area contributed by atoms with Gasteiger partial charge in [0.05, 0.1) is 38.6 Å². The summed E-state index contributed by atoms with van der Waals surface area (Å²) in [6, 6.07) is 30.7. The first kappa shape index (κ1) is 32.8. The van der Waals surface area contributed by atoms with Gasteiger partial charge in [-0.05, 0) is 40.9 Å². The van der Waals surface area contributed by atoms with E-state index in [0.717, 1.165) is 23.1 Å². The molecule has 0 spiro atoms. The fourth-order valence-electron chi connectivity index (χ4n) is 6.40. The Morgan fingerprint density at radius 2 is 1.02 bits per heavy atom.